The number of rotatable bonds is 6. The highest BCUT2D eigenvalue weighted by atomic mass is 35.5. The van der Waals surface area contributed by atoms with E-state index in [2.05, 4.69) is 0 Å². The third kappa shape index (κ3) is 4.72. The SMILES string of the molecule is CCOC(=O)C(OC(=O)c1cc(N2C(=O)N(C)C(O)N(C)C2=O)c(F)cc1Cl)C(C)C. The number of hydrogen-bond acceptors (Lipinski definition) is 7. The number of esters is 2. The first-order chi connectivity index (χ1) is 14.4. The average molecular weight is 460 g/mol. The number of nitrogens with zero attached hydrogens (tertiary/aromatic N) is 3. The molecule has 1 atom stereocenters. The number of aliphatic hydroxyl groups excluding tert-OH is 1. The first kappa shape index (κ1) is 24.4. The third-order valence-electron chi connectivity index (χ3n) is 4.53. The van der Waals surface area contributed by atoms with Crippen LogP contribution in [0.5, 0.6) is 0 Å². The lowest BCUT2D eigenvalue weighted by Crippen LogP contribution is -2.64. The number of carbonyl (C=O) groups is 4. The molecule has 1 unspecified atom stereocenters. The Morgan fingerprint density at radius 1 is 1.19 bits per heavy atom. The summed E-state index contributed by atoms with van der Waals surface area (Å²) in [5.41, 5.74) is -0.945. The highest BCUT2D eigenvalue weighted by Crippen LogP contribution is 2.31. The van der Waals surface area contributed by atoms with Crippen molar-refractivity contribution in [2.75, 3.05) is 25.6 Å². The Morgan fingerprint density at radius 2 is 1.74 bits per heavy atom. The lowest BCUT2D eigenvalue weighted by Gasteiger charge is -2.41. The van der Waals surface area contributed by atoms with Crippen LogP contribution in [0.3, 0.4) is 0 Å². The monoisotopic (exact) mass is 459 g/mol. The molecule has 31 heavy (non-hydrogen) atoms. The van der Waals surface area contributed by atoms with Crippen LogP contribution in [0.2, 0.25) is 5.02 Å². The van der Waals surface area contributed by atoms with E-state index in [9.17, 15) is 28.7 Å². The van der Waals surface area contributed by atoms with E-state index in [1.807, 2.05) is 0 Å². The zero-order chi connectivity index (χ0) is 23.6. The molecule has 0 aromatic heterocycles. The predicted octanol–water partition coefficient (Wildman–Crippen LogP) is 2.42. The van der Waals surface area contributed by atoms with E-state index in [-0.39, 0.29) is 17.2 Å². The normalized spacial score (nSPS) is 16.1. The number of urea groups is 2. The van der Waals surface area contributed by atoms with Gasteiger partial charge >= 0.3 is 24.0 Å². The second kappa shape index (κ2) is 9.48. The van der Waals surface area contributed by atoms with Gasteiger partial charge in [0.05, 0.1) is 22.9 Å². The van der Waals surface area contributed by atoms with Crippen LogP contribution in [0.15, 0.2) is 12.1 Å². The molecule has 170 valence electrons. The van der Waals surface area contributed by atoms with Gasteiger partial charge in [-0.05, 0) is 19.1 Å². The van der Waals surface area contributed by atoms with Crippen LogP contribution in [-0.4, -0.2) is 72.1 Å². The third-order valence-corrected chi connectivity index (χ3v) is 4.85. The molecule has 1 aromatic rings. The maximum absolute atomic E-state index is 14.6. The van der Waals surface area contributed by atoms with E-state index < -0.39 is 53.9 Å². The van der Waals surface area contributed by atoms with E-state index >= 15 is 0 Å². The molecule has 0 saturated carbocycles. The molecule has 1 saturated heterocycles. The first-order valence-corrected chi connectivity index (χ1v) is 9.68. The summed E-state index contributed by atoms with van der Waals surface area (Å²) in [6.07, 6.45) is -2.80. The Bertz CT molecular complexity index is 889. The van der Waals surface area contributed by atoms with Crippen molar-refractivity contribution in [1.82, 2.24) is 9.80 Å². The van der Waals surface area contributed by atoms with Crippen LogP contribution in [-0.2, 0) is 14.3 Å². The number of halogens is 2. The minimum atomic E-state index is -1.55. The molecular weight excluding hydrogens is 437 g/mol. The second-order valence-electron chi connectivity index (χ2n) is 7.07. The second-order valence-corrected chi connectivity index (χ2v) is 7.48. The van der Waals surface area contributed by atoms with Crippen LogP contribution in [0.25, 0.3) is 0 Å². The summed E-state index contributed by atoms with van der Waals surface area (Å²) in [7, 11) is 2.41. The van der Waals surface area contributed by atoms with Gasteiger partial charge in [-0.15, -0.1) is 0 Å². The number of amides is 4. The summed E-state index contributed by atoms with van der Waals surface area (Å²) in [6, 6.07) is -0.434. The lowest BCUT2D eigenvalue weighted by molar-refractivity contribution is -0.155. The molecule has 0 aliphatic carbocycles. The van der Waals surface area contributed by atoms with Gasteiger partial charge < -0.3 is 14.6 Å². The van der Waals surface area contributed by atoms with Gasteiger partial charge in [-0.2, -0.15) is 0 Å². The quantitative estimate of drug-likeness (QED) is 0.649. The van der Waals surface area contributed by atoms with Crippen molar-refractivity contribution in [2.45, 2.75) is 33.2 Å². The van der Waals surface area contributed by atoms with Crippen LogP contribution in [0.1, 0.15) is 31.1 Å². The molecule has 1 N–H and O–H groups in total. The van der Waals surface area contributed by atoms with Gasteiger partial charge in [-0.3, -0.25) is 9.80 Å². The number of imide groups is 1. The Morgan fingerprint density at radius 3 is 2.23 bits per heavy atom. The zero-order valence-corrected chi connectivity index (χ0v) is 18.3. The minimum Gasteiger partial charge on any atom is -0.463 e. The van der Waals surface area contributed by atoms with E-state index in [1.165, 1.54) is 14.1 Å². The maximum Gasteiger partial charge on any atom is 0.347 e. The van der Waals surface area contributed by atoms with Gasteiger partial charge in [0, 0.05) is 20.0 Å². The molecule has 10 nitrogen and oxygen atoms in total. The lowest BCUT2D eigenvalue weighted by atomic mass is 10.1. The van der Waals surface area contributed by atoms with Gasteiger partial charge in [0.1, 0.15) is 5.82 Å². The average Bonchev–Trinajstić information content (AvgIpc) is 2.70. The van der Waals surface area contributed by atoms with Crippen molar-refractivity contribution < 1.29 is 38.1 Å². The molecule has 1 fully saturated rings. The van der Waals surface area contributed by atoms with Gasteiger partial charge in [-0.25, -0.2) is 28.5 Å². The minimum absolute atomic E-state index is 0.0765. The molecule has 1 aliphatic rings. The Kier molecular flexibility index (Phi) is 7.45. The summed E-state index contributed by atoms with van der Waals surface area (Å²) in [5, 5.41) is 9.55. The number of carbonyl (C=O) groups excluding carboxylic acids is 4. The number of benzene rings is 1. The molecule has 4 amide bonds. The highest BCUT2D eigenvalue weighted by molar-refractivity contribution is 6.34. The molecular formula is C19H23ClFN3O7. The van der Waals surface area contributed by atoms with Crippen molar-refractivity contribution in [3.8, 4) is 0 Å². The number of anilines is 1. The summed E-state index contributed by atoms with van der Waals surface area (Å²) in [6.45, 7) is 4.94. The Hall–Kier alpha value is -2.92. The van der Waals surface area contributed by atoms with Crippen LogP contribution in [0.4, 0.5) is 19.7 Å². The number of ether oxygens (including phenoxy) is 2. The van der Waals surface area contributed by atoms with Crippen molar-refractivity contribution in [3.63, 3.8) is 0 Å². The summed E-state index contributed by atoms with van der Waals surface area (Å²) in [4.78, 5) is 51.8. The van der Waals surface area contributed by atoms with Crippen molar-refractivity contribution >= 4 is 41.3 Å². The Balaban J connectivity index is 2.45. The number of hydrogen-bond donors (Lipinski definition) is 1. The van der Waals surface area contributed by atoms with E-state index in [4.69, 9.17) is 21.1 Å². The van der Waals surface area contributed by atoms with Gasteiger partial charge in [0.15, 0.2) is 0 Å². The standard InChI is InChI=1S/C19H23ClFN3O7/c1-6-30-16(26)14(9(2)3)31-15(25)10-7-13(12(21)8-11(10)20)24-18(28)22(4)17(27)23(5)19(24)29/h7-9,14,17,27H,6H2,1-5H3. The molecule has 1 heterocycles. The summed E-state index contributed by atoms with van der Waals surface area (Å²) in [5.74, 6) is -3.33. The van der Waals surface area contributed by atoms with Gasteiger partial charge in [0.2, 0.25) is 12.5 Å². The molecule has 1 aliphatic heterocycles. The van der Waals surface area contributed by atoms with Crippen molar-refractivity contribution in [1.29, 1.82) is 0 Å². The first-order valence-electron chi connectivity index (χ1n) is 9.30. The van der Waals surface area contributed by atoms with Crippen LogP contribution < -0.4 is 4.90 Å². The topological polar surface area (TPSA) is 117 Å². The molecule has 12 heteroatoms. The summed E-state index contributed by atoms with van der Waals surface area (Å²) >= 11 is 5.99. The fraction of sp³-hybridized carbons (Fsp3) is 0.474. The Labute approximate surface area is 183 Å². The molecule has 0 bridgehead atoms. The predicted molar refractivity (Wildman–Crippen MR) is 107 cm³/mol. The van der Waals surface area contributed by atoms with E-state index in [0.717, 1.165) is 21.9 Å². The molecule has 1 aromatic carbocycles. The smallest absolute Gasteiger partial charge is 0.347 e. The molecule has 0 radical (unpaired) electrons. The zero-order valence-electron chi connectivity index (χ0n) is 17.6. The highest BCUT2D eigenvalue weighted by Gasteiger charge is 2.42. The largest absolute Gasteiger partial charge is 0.463 e. The van der Waals surface area contributed by atoms with Gasteiger partial charge in [-0.1, -0.05) is 25.4 Å². The van der Waals surface area contributed by atoms with Crippen LogP contribution in [0, 0.1) is 11.7 Å². The van der Waals surface area contributed by atoms with Crippen molar-refractivity contribution in [3.05, 3.63) is 28.5 Å². The fourth-order valence-electron chi connectivity index (χ4n) is 2.79. The summed E-state index contributed by atoms with van der Waals surface area (Å²) < 4.78 is 24.7. The van der Waals surface area contributed by atoms with Gasteiger partial charge in [0.25, 0.3) is 0 Å². The van der Waals surface area contributed by atoms with Crippen LogP contribution >= 0.6 is 11.6 Å². The maximum atomic E-state index is 14.6. The van der Waals surface area contributed by atoms with Crippen molar-refractivity contribution in [2.24, 2.45) is 5.92 Å². The molecule has 2 rings (SSSR count). The fourth-order valence-corrected chi connectivity index (χ4v) is 3.01. The number of aliphatic hydroxyl groups is 1. The molecule has 0 spiro atoms. The van der Waals surface area contributed by atoms with E-state index in [1.54, 1.807) is 20.8 Å². The van der Waals surface area contributed by atoms with E-state index in [0.29, 0.717) is 4.90 Å².